The van der Waals surface area contributed by atoms with E-state index in [1.165, 1.54) is 0 Å². The van der Waals surface area contributed by atoms with Crippen molar-refractivity contribution < 1.29 is 9.59 Å². The van der Waals surface area contributed by atoms with Crippen molar-refractivity contribution in [2.75, 3.05) is 10.6 Å². The normalized spacial score (nSPS) is 10.4. The Morgan fingerprint density at radius 3 is 2.12 bits per heavy atom. The van der Waals surface area contributed by atoms with Gasteiger partial charge in [0.2, 0.25) is 0 Å². The number of carbonyl (C=O) groups is 2. The predicted molar refractivity (Wildman–Crippen MR) is 133 cm³/mol. The summed E-state index contributed by atoms with van der Waals surface area (Å²) in [6, 6.07) is 27.0. The molecule has 0 bridgehead atoms. The van der Waals surface area contributed by atoms with Crippen LogP contribution in [0.5, 0.6) is 0 Å². The maximum absolute atomic E-state index is 12.8. The second-order valence-electron chi connectivity index (χ2n) is 6.95. The number of nitrogens with one attached hydrogen (secondary N) is 3. The van der Waals surface area contributed by atoms with Gasteiger partial charge in [-0.1, -0.05) is 66.2 Å². The number of amides is 2. The molecule has 0 heterocycles. The van der Waals surface area contributed by atoms with Gasteiger partial charge in [0.05, 0.1) is 10.6 Å². The van der Waals surface area contributed by atoms with Crippen molar-refractivity contribution >= 4 is 62.9 Å². The van der Waals surface area contributed by atoms with Crippen LogP contribution in [-0.4, -0.2) is 16.9 Å². The number of halogens is 1. The molecule has 0 aliphatic carbocycles. The summed E-state index contributed by atoms with van der Waals surface area (Å²) >= 11 is 11.4. The van der Waals surface area contributed by atoms with Gasteiger partial charge >= 0.3 is 0 Å². The highest BCUT2D eigenvalue weighted by atomic mass is 35.5. The molecule has 4 aromatic carbocycles. The average molecular weight is 460 g/mol. The quantitative estimate of drug-likeness (QED) is 0.334. The molecule has 4 rings (SSSR count). The van der Waals surface area contributed by atoms with Crippen LogP contribution in [-0.2, 0) is 0 Å². The molecule has 32 heavy (non-hydrogen) atoms. The molecule has 4 aromatic rings. The minimum absolute atomic E-state index is 0.150. The number of rotatable bonds is 4. The Labute approximate surface area is 195 Å². The summed E-state index contributed by atoms with van der Waals surface area (Å²) in [4.78, 5) is 25.2. The van der Waals surface area contributed by atoms with Crippen LogP contribution in [0.3, 0.4) is 0 Å². The predicted octanol–water partition coefficient (Wildman–Crippen LogP) is 5.87. The number of hydrogen-bond donors (Lipinski definition) is 3. The molecular formula is C25H18ClN3O2S. The van der Waals surface area contributed by atoms with Crippen LogP contribution < -0.4 is 16.0 Å². The number of fused-ring (bicyclic) bond motifs is 1. The standard InChI is InChI=1S/C25H18ClN3O2S/c26-22-14-4-3-12-21(22)24(31)27-17-9-6-10-18(15-17)28-25(32)29-23(30)20-13-5-8-16-7-1-2-11-19(16)20/h1-15H,(H,27,31)(H2,28,29,30,32). The molecule has 0 aromatic heterocycles. The lowest BCUT2D eigenvalue weighted by Crippen LogP contribution is -2.34. The molecule has 0 saturated heterocycles. The van der Waals surface area contributed by atoms with Gasteiger partial charge in [0, 0.05) is 16.9 Å². The molecule has 2 amide bonds. The lowest BCUT2D eigenvalue weighted by Gasteiger charge is -2.12. The molecule has 0 saturated carbocycles. The third-order valence-electron chi connectivity index (χ3n) is 4.76. The van der Waals surface area contributed by atoms with Gasteiger partial charge in [-0.2, -0.15) is 0 Å². The molecule has 0 aliphatic rings. The van der Waals surface area contributed by atoms with Crippen molar-refractivity contribution in [2.45, 2.75) is 0 Å². The van der Waals surface area contributed by atoms with E-state index in [0.717, 1.165) is 10.8 Å². The van der Waals surface area contributed by atoms with Crippen LogP contribution >= 0.6 is 23.8 Å². The van der Waals surface area contributed by atoms with Gasteiger partial charge < -0.3 is 10.6 Å². The van der Waals surface area contributed by atoms with Crippen molar-refractivity contribution in [1.29, 1.82) is 0 Å². The first-order valence-corrected chi connectivity index (χ1v) is 10.6. The zero-order chi connectivity index (χ0) is 22.5. The Morgan fingerprint density at radius 2 is 1.31 bits per heavy atom. The molecule has 0 atom stereocenters. The highest BCUT2D eigenvalue weighted by molar-refractivity contribution is 7.80. The third kappa shape index (κ3) is 4.94. The van der Waals surface area contributed by atoms with Crippen LogP contribution in [0.25, 0.3) is 10.8 Å². The monoisotopic (exact) mass is 459 g/mol. The average Bonchev–Trinajstić information content (AvgIpc) is 2.79. The minimum atomic E-state index is -0.320. The first-order valence-electron chi connectivity index (χ1n) is 9.77. The van der Waals surface area contributed by atoms with Crippen LogP contribution in [0, 0.1) is 0 Å². The van der Waals surface area contributed by atoms with Crippen molar-refractivity contribution in [3.63, 3.8) is 0 Å². The van der Waals surface area contributed by atoms with Crippen molar-refractivity contribution in [3.8, 4) is 0 Å². The Kier molecular flexibility index (Phi) is 6.44. The van der Waals surface area contributed by atoms with Gasteiger partial charge in [-0.15, -0.1) is 0 Å². The SMILES string of the molecule is O=C(Nc1cccc(NC(=S)NC(=O)c2cccc3ccccc23)c1)c1ccccc1Cl. The fraction of sp³-hybridized carbons (Fsp3) is 0. The van der Waals surface area contributed by atoms with Crippen LogP contribution in [0.15, 0.2) is 91.0 Å². The Morgan fingerprint density at radius 1 is 0.688 bits per heavy atom. The summed E-state index contributed by atoms with van der Waals surface area (Å²) in [6.07, 6.45) is 0. The zero-order valence-corrected chi connectivity index (χ0v) is 18.3. The smallest absolute Gasteiger partial charge is 0.258 e. The summed E-state index contributed by atoms with van der Waals surface area (Å²) in [5.74, 6) is -0.623. The lowest BCUT2D eigenvalue weighted by atomic mass is 10.0. The highest BCUT2D eigenvalue weighted by Crippen LogP contribution is 2.20. The Hall–Kier alpha value is -3.74. The number of benzene rings is 4. The summed E-state index contributed by atoms with van der Waals surface area (Å²) in [7, 11) is 0. The van der Waals surface area contributed by atoms with Crippen molar-refractivity contribution in [3.05, 3.63) is 107 Å². The summed E-state index contributed by atoms with van der Waals surface area (Å²) in [5, 5.41) is 10.8. The second kappa shape index (κ2) is 9.60. The maximum atomic E-state index is 12.8. The summed E-state index contributed by atoms with van der Waals surface area (Å²) in [5.41, 5.74) is 2.09. The van der Waals surface area contributed by atoms with E-state index in [9.17, 15) is 9.59 Å². The molecular weight excluding hydrogens is 442 g/mol. The molecule has 0 aliphatic heterocycles. The Balaban J connectivity index is 1.43. The van der Waals surface area contributed by atoms with E-state index in [0.29, 0.717) is 27.5 Å². The van der Waals surface area contributed by atoms with E-state index in [-0.39, 0.29) is 16.9 Å². The molecule has 0 spiro atoms. The van der Waals surface area contributed by atoms with E-state index >= 15 is 0 Å². The highest BCUT2D eigenvalue weighted by Gasteiger charge is 2.13. The van der Waals surface area contributed by atoms with Crippen molar-refractivity contribution in [1.82, 2.24) is 5.32 Å². The van der Waals surface area contributed by atoms with Gasteiger partial charge in [-0.05, 0) is 59.4 Å². The largest absolute Gasteiger partial charge is 0.332 e. The van der Waals surface area contributed by atoms with Gasteiger partial charge in [0.1, 0.15) is 0 Å². The molecule has 5 nitrogen and oxygen atoms in total. The fourth-order valence-corrected chi connectivity index (χ4v) is 3.71. The number of thiocarbonyl (C=S) groups is 1. The minimum Gasteiger partial charge on any atom is -0.332 e. The van der Waals surface area contributed by atoms with Crippen molar-refractivity contribution in [2.24, 2.45) is 0 Å². The van der Waals surface area contributed by atoms with Gasteiger partial charge in [0.25, 0.3) is 11.8 Å². The van der Waals surface area contributed by atoms with E-state index < -0.39 is 0 Å². The molecule has 0 fully saturated rings. The number of carbonyl (C=O) groups excluding carboxylic acids is 2. The van der Waals surface area contributed by atoms with Crippen LogP contribution in [0.4, 0.5) is 11.4 Å². The first-order chi connectivity index (χ1) is 15.5. The van der Waals surface area contributed by atoms with E-state index in [1.807, 2.05) is 36.4 Å². The topological polar surface area (TPSA) is 70.2 Å². The molecule has 0 radical (unpaired) electrons. The van der Waals surface area contributed by atoms with Crippen LogP contribution in [0.2, 0.25) is 5.02 Å². The molecule has 7 heteroatoms. The third-order valence-corrected chi connectivity index (χ3v) is 5.29. The number of anilines is 2. The lowest BCUT2D eigenvalue weighted by molar-refractivity contribution is 0.0978. The summed E-state index contributed by atoms with van der Waals surface area (Å²) < 4.78 is 0. The van der Waals surface area contributed by atoms with Gasteiger partial charge in [0.15, 0.2) is 5.11 Å². The second-order valence-corrected chi connectivity index (χ2v) is 7.77. The van der Waals surface area contributed by atoms with E-state index in [4.69, 9.17) is 23.8 Å². The first kappa shape index (κ1) is 21.5. The maximum Gasteiger partial charge on any atom is 0.258 e. The van der Waals surface area contributed by atoms with Crippen LogP contribution in [0.1, 0.15) is 20.7 Å². The van der Waals surface area contributed by atoms with E-state index in [1.54, 1.807) is 54.6 Å². The molecule has 158 valence electrons. The van der Waals surface area contributed by atoms with Gasteiger partial charge in [-0.3, -0.25) is 14.9 Å². The van der Waals surface area contributed by atoms with Gasteiger partial charge in [-0.25, -0.2) is 0 Å². The Bertz CT molecular complexity index is 1330. The van der Waals surface area contributed by atoms with E-state index in [2.05, 4.69) is 16.0 Å². The number of hydrogen-bond acceptors (Lipinski definition) is 3. The summed E-state index contributed by atoms with van der Waals surface area (Å²) in [6.45, 7) is 0. The molecule has 0 unspecified atom stereocenters. The zero-order valence-electron chi connectivity index (χ0n) is 16.8. The molecule has 3 N–H and O–H groups in total. The fourth-order valence-electron chi connectivity index (χ4n) is 3.27.